The zero-order chi connectivity index (χ0) is 8.97. The quantitative estimate of drug-likeness (QED) is 0.348. The summed E-state index contributed by atoms with van der Waals surface area (Å²) in [5.74, 6) is 4.98. The largest absolute Gasteiger partial charge is 0.279 e. The number of hydrogen-bond donors (Lipinski definition) is 0. The summed E-state index contributed by atoms with van der Waals surface area (Å²) in [6.07, 6.45) is 0. The molecule has 0 fully saturated rings. The van der Waals surface area contributed by atoms with Crippen molar-refractivity contribution in [2.75, 3.05) is 0 Å². The van der Waals surface area contributed by atoms with E-state index in [2.05, 4.69) is 11.8 Å². The molecule has 60 valence electrons. The van der Waals surface area contributed by atoms with Gasteiger partial charge in [-0.3, -0.25) is 4.79 Å². The fraction of sp³-hybridized carbons (Fsp3) is 0.182. The van der Waals surface area contributed by atoms with E-state index in [0.29, 0.717) is 5.56 Å². The Hall–Kier alpha value is -1.55. The van der Waals surface area contributed by atoms with Crippen molar-refractivity contribution in [3.63, 3.8) is 0 Å². The molecule has 0 radical (unpaired) electrons. The molecule has 1 rings (SSSR count). The first kappa shape index (κ1) is 8.55. The van der Waals surface area contributed by atoms with Crippen LogP contribution in [0, 0.1) is 18.8 Å². The summed E-state index contributed by atoms with van der Waals surface area (Å²) in [6.45, 7) is 3.61. The highest BCUT2D eigenvalue weighted by atomic mass is 16.1. The van der Waals surface area contributed by atoms with Crippen molar-refractivity contribution >= 4 is 5.78 Å². The maximum absolute atomic E-state index is 11.2. The van der Waals surface area contributed by atoms with Crippen molar-refractivity contribution in [3.05, 3.63) is 35.4 Å². The normalized spacial score (nSPS) is 8.50. The topological polar surface area (TPSA) is 17.1 Å². The molecule has 0 saturated carbocycles. The summed E-state index contributed by atoms with van der Waals surface area (Å²) < 4.78 is 0. The highest BCUT2D eigenvalue weighted by Gasteiger charge is 1.99. The molecule has 1 nitrogen and oxygen atoms in total. The monoisotopic (exact) mass is 158 g/mol. The van der Waals surface area contributed by atoms with Crippen LogP contribution in [-0.4, -0.2) is 5.78 Å². The molecule has 0 spiro atoms. The van der Waals surface area contributed by atoms with Crippen molar-refractivity contribution in [1.82, 2.24) is 0 Å². The zero-order valence-corrected chi connectivity index (χ0v) is 7.22. The Morgan fingerprint density at radius 2 is 2.17 bits per heavy atom. The molecule has 0 saturated heterocycles. The number of carbonyl (C=O) groups is 1. The summed E-state index contributed by atoms with van der Waals surface area (Å²) in [6, 6.07) is 7.43. The SMILES string of the molecule is CC#CC(=O)c1cccc(C)c1. The standard InChI is InChI=1S/C11H10O/c1-3-5-11(12)10-7-4-6-9(2)8-10/h4,6-8H,1-2H3. The van der Waals surface area contributed by atoms with Gasteiger partial charge in [0.2, 0.25) is 5.78 Å². The predicted molar refractivity (Wildman–Crippen MR) is 49.0 cm³/mol. The lowest BCUT2D eigenvalue weighted by atomic mass is 10.1. The Balaban J connectivity index is 3.01. The van der Waals surface area contributed by atoms with Crippen LogP contribution >= 0.6 is 0 Å². The van der Waals surface area contributed by atoms with Crippen molar-refractivity contribution < 1.29 is 4.79 Å². The zero-order valence-electron chi connectivity index (χ0n) is 7.22. The number of Topliss-reactive ketones (excluding diaryl/α,β-unsaturated/α-hetero) is 1. The van der Waals surface area contributed by atoms with Crippen LogP contribution in [0.2, 0.25) is 0 Å². The van der Waals surface area contributed by atoms with Gasteiger partial charge in [-0.1, -0.05) is 29.7 Å². The lowest BCUT2D eigenvalue weighted by Crippen LogP contribution is -1.94. The van der Waals surface area contributed by atoms with E-state index < -0.39 is 0 Å². The molecule has 0 aliphatic heterocycles. The number of hydrogen-bond acceptors (Lipinski definition) is 1. The maximum Gasteiger partial charge on any atom is 0.235 e. The van der Waals surface area contributed by atoms with Crippen LogP contribution in [0.5, 0.6) is 0 Å². The van der Waals surface area contributed by atoms with E-state index in [-0.39, 0.29) is 5.78 Å². The number of ketones is 1. The molecule has 1 heteroatoms. The van der Waals surface area contributed by atoms with Gasteiger partial charge in [-0.2, -0.15) is 0 Å². The second-order valence-electron chi connectivity index (χ2n) is 2.57. The Morgan fingerprint density at radius 3 is 2.75 bits per heavy atom. The van der Waals surface area contributed by atoms with Crippen molar-refractivity contribution in [3.8, 4) is 11.8 Å². The summed E-state index contributed by atoms with van der Waals surface area (Å²) in [5, 5.41) is 0. The van der Waals surface area contributed by atoms with E-state index in [1.807, 2.05) is 25.1 Å². The van der Waals surface area contributed by atoms with Gasteiger partial charge in [0.05, 0.1) is 0 Å². The van der Waals surface area contributed by atoms with Crippen LogP contribution in [0.1, 0.15) is 22.8 Å². The second-order valence-corrected chi connectivity index (χ2v) is 2.57. The van der Waals surface area contributed by atoms with Crippen molar-refractivity contribution in [2.24, 2.45) is 0 Å². The molecule has 0 aliphatic rings. The lowest BCUT2D eigenvalue weighted by Gasteiger charge is -1.94. The van der Waals surface area contributed by atoms with Crippen molar-refractivity contribution in [2.45, 2.75) is 13.8 Å². The third kappa shape index (κ3) is 1.96. The van der Waals surface area contributed by atoms with Crippen LogP contribution in [0.3, 0.4) is 0 Å². The van der Waals surface area contributed by atoms with Crippen LogP contribution < -0.4 is 0 Å². The molecule has 0 atom stereocenters. The minimum atomic E-state index is -0.110. The molecule has 1 aromatic carbocycles. The number of rotatable bonds is 1. The van der Waals surface area contributed by atoms with Gasteiger partial charge in [-0.25, -0.2) is 0 Å². The van der Waals surface area contributed by atoms with Crippen LogP contribution in [-0.2, 0) is 0 Å². The fourth-order valence-corrected chi connectivity index (χ4v) is 0.972. The van der Waals surface area contributed by atoms with E-state index >= 15 is 0 Å². The van der Waals surface area contributed by atoms with E-state index in [0.717, 1.165) is 5.56 Å². The van der Waals surface area contributed by atoms with E-state index in [4.69, 9.17) is 0 Å². The Morgan fingerprint density at radius 1 is 1.42 bits per heavy atom. The van der Waals surface area contributed by atoms with E-state index in [1.165, 1.54) is 0 Å². The Kier molecular flexibility index (Phi) is 2.66. The van der Waals surface area contributed by atoms with Gasteiger partial charge in [-0.15, -0.1) is 0 Å². The Labute approximate surface area is 72.4 Å². The maximum atomic E-state index is 11.2. The van der Waals surface area contributed by atoms with Gasteiger partial charge in [0.25, 0.3) is 0 Å². The summed E-state index contributed by atoms with van der Waals surface area (Å²) in [7, 11) is 0. The third-order valence-corrected chi connectivity index (χ3v) is 1.52. The van der Waals surface area contributed by atoms with Gasteiger partial charge < -0.3 is 0 Å². The summed E-state index contributed by atoms with van der Waals surface area (Å²) >= 11 is 0. The average Bonchev–Trinajstić information content (AvgIpc) is 2.05. The average molecular weight is 158 g/mol. The van der Waals surface area contributed by atoms with Crippen LogP contribution in [0.15, 0.2) is 24.3 Å². The minimum Gasteiger partial charge on any atom is -0.279 e. The lowest BCUT2D eigenvalue weighted by molar-refractivity contribution is 0.105. The van der Waals surface area contributed by atoms with Gasteiger partial charge in [-0.05, 0) is 25.8 Å². The molecule has 0 amide bonds. The molecule has 0 heterocycles. The Bertz CT molecular complexity index is 353. The molecule has 12 heavy (non-hydrogen) atoms. The second kappa shape index (κ2) is 3.73. The van der Waals surface area contributed by atoms with Gasteiger partial charge >= 0.3 is 0 Å². The summed E-state index contributed by atoms with van der Waals surface area (Å²) in [5.41, 5.74) is 1.75. The first-order valence-corrected chi connectivity index (χ1v) is 3.78. The highest BCUT2D eigenvalue weighted by Crippen LogP contribution is 2.03. The third-order valence-electron chi connectivity index (χ3n) is 1.52. The molecule has 0 unspecified atom stereocenters. The fourth-order valence-electron chi connectivity index (χ4n) is 0.972. The summed E-state index contributed by atoms with van der Waals surface area (Å²) in [4.78, 5) is 11.2. The van der Waals surface area contributed by atoms with Crippen LogP contribution in [0.4, 0.5) is 0 Å². The predicted octanol–water partition coefficient (Wildman–Crippen LogP) is 2.20. The van der Waals surface area contributed by atoms with Crippen molar-refractivity contribution in [1.29, 1.82) is 0 Å². The molecular weight excluding hydrogens is 148 g/mol. The molecule has 0 aliphatic carbocycles. The van der Waals surface area contributed by atoms with E-state index in [9.17, 15) is 4.79 Å². The van der Waals surface area contributed by atoms with Gasteiger partial charge in [0.15, 0.2) is 0 Å². The number of aryl methyl sites for hydroxylation is 1. The van der Waals surface area contributed by atoms with Crippen LogP contribution in [0.25, 0.3) is 0 Å². The first-order chi connectivity index (χ1) is 5.74. The number of carbonyl (C=O) groups excluding carboxylic acids is 1. The molecule has 1 aromatic rings. The van der Waals surface area contributed by atoms with E-state index in [1.54, 1.807) is 13.0 Å². The molecular formula is C11H10O. The highest BCUT2D eigenvalue weighted by molar-refractivity contribution is 6.09. The van der Waals surface area contributed by atoms with Gasteiger partial charge in [0, 0.05) is 5.56 Å². The molecule has 0 aromatic heterocycles. The number of benzene rings is 1. The smallest absolute Gasteiger partial charge is 0.235 e. The van der Waals surface area contributed by atoms with Gasteiger partial charge in [0.1, 0.15) is 0 Å². The molecule has 0 N–H and O–H groups in total. The minimum absolute atomic E-state index is 0.110. The molecule has 0 bridgehead atoms. The first-order valence-electron chi connectivity index (χ1n) is 3.78.